The summed E-state index contributed by atoms with van der Waals surface area (Å²) in [5.74, 6) is 0.0523. The van der Waals surface area contributed by atoms with Crippen molar-refractivity contribution in [2.45, 2.75) is 31.8 Å². The molecule has 2 unspecified atom stereocenters. The van der Waals surface area contributed by atoms with Crippen LogP contribution in [0.2, 0.25) is 0 Å². The predicted molar refractivity (Wildman–Crippen MR) is 82.1 cm³/mol. The minimum atomic E-state index is -0.259. The van der Waals surface area contributed by atoms with Crippen molar-refractivity contribution in [1.29, 1.82) is 0 Å². The van der Waals surface area contributed by atoms with Crippen molar-refractivity contribution >= 4 is 17.6 Å². The Morgan fingerprint density at radius 1 is 1.38 bits per heavy atom. The van der Waals surface area contributed by atoms with Gasteiger partial charge in [-0.25, -0.2) is 4.79 Å². The van der Waals surface area contributed by atoms with Gasteiger partial charge >= 0.3 is 6.03 Å². The lowest BCUT2D eigenvalue weighted by atomic mass is 10.1. The third-order valence-corrected chi connectivity index (χ3v) is 3.70. The fourth-order valence-electron chi connectivity index (χ4n) is 2.24. The smallest absolute Gasteiger partial charge is 0.319 e. The number of carbonyl (C=O) groups is 2. The van der Waals surface area contributed by atoms with Gasteiger partial charge in [-0.05, 0) is 38.1 Å². The molecule has 2 rings (SSSR count). The average Bonchev–Trinajstić information content (AvgIpc) is 2.91. The van der Waals surface area contributed by atoms with E-state index in [0.29, 0.717) is 13.0 Å². The number of anilines is 1. The van der Waals surface area contributed by atoms with Crippen molar-refractivity contribution in [3.05, 3.63) is 29.8 Å². The molecular formula is C15H22N4O2. The Bertz CT molecular complexity index is 501. The lowest BCUT2D eigenvalue weighted by molar-refractivity contribution is -0.119. The van der Waals surface area contributed by atoms with E-state index in [4.69, 9.17) is 0 Å². The lowest BCUT2D eigenvalue weighted by Crippen LogP contribution is -2.40. The molecule has 114 valence electrons. The minimum Gasteiger partial charge on any atom is -0.352 e. The first-order valence-corrected chi connectivity index (χ1v) is 7.20. The van der Waals surface area contributed by atoms with Crippen molar-refractivity contribution in [1.82, 2.24) is 16.0 Å². The first-order valence-electron chi connectivity index (χ1n) is 7.20. The normalized spacial score (nSPS) is 19.0. The molecule has 0 bridgehead atoms. The van der Waals surface area contributed by atoms with Crippen LogP contribution in [0.25, 0.3) is 0 Å². The zero-order valence-electron chi connectivity index (χ0n) is 12.4. The van der Waals surface area contributed by atoms with Gasteiger partial charge in [0.05, 0.1) is 0 Å². The summed E-state index contributed by atoms with van der Waals surface area (Å²) in [6.45, 7) is 2.53. The van der Waals surface area contributed by atoms with Gasteiger partial charge in [0.2, 0.25) is 5.91 Å². The van der Waals surface area contributed by atoms with Gasteiger partial charge in [-0.3, -0.25) is 4.79 Å². The number of hydrogen-bond donors (Lipinski definition) is 4. The van der Waals surface area contributed by atoms with E-state index < -0.39 is 0 Å². The van der Waals surface area contributed by atoms with Crippen LogP contribution in [-0.2, 0) is 4.79 Å². The maximum atomic E-state index is 11.8. The highest BCUT2D eigenvalue weighted by Crippen LogP contribution is 2.15. The molecule has 3 amide bonds. The molecule has 0 saturated carbocycles. The molecule has 4 N–H and O–H groups in total. The number of urea groups is 1. The fourth-order valence-corrected chi connectivity index (χ4v) is 2.24. The van der Waals surface area contributed by atoms with Crippen molar-refractivity contribution in [3.8, 4) is 0 Å². The first-order chi connectivity index (χ1) is 10.1. The summed E-state index contributed by atoms with van der Waals surface area (Å²) in [6, 6.07) is 7.77. The summed E-state index contributed by atoms with van der Waals surface area (Å²) in [4.78, 5) is 22.8. The Kier molecular flexibility index (Phi) is 5.16. The topological polar surface area (TPSA) is 82.3 Å². The zero-order valence-corrected chi connectivity index (χ0v) is 12.4. The second-order valence-electron chi connectivity index (χ2n) is 5.27. The van der Waals surface area contributed by atoms with E-state index in [1.807, 2.05) is 31.3 Å². The molecular weight excluding hydrogens is 268 g/mol. The zero-order chi connectivity index (χ0) is 15.2. The van der Waals surface area contributed by atoms with Crippen molar-refractivity contribution in [2.24, 2.45) is 0 Å². The van der Waals surface area contributed by atoms with Crippen LogP contribution in [0.1, 0.15) is 31.4 Å². The molecule has 1 aliphatic heterocycles. The maximum absolute atomic E-state index is 11.8. The van der Waals surface area contributed by atoms with Crippen LogP contribution >= 0.6 is 0 Å². The van der Waals surface area contributed by atoms with Gasteiger partial charge in [-0.2, -0.15) is 0 Å². The van der Waals surface area contributed by atoms with E-state index >= 15 is 0 Å². The predicted octanol–water partition coefficient (Wildman–Crippen LogP) is 1.37. The van der Waals surface area contributed by atoms with Crippen LogP contribution in [-0.4, -0.2) is 31.6 Å². The largest absolute Gasteiger partial charge is 0.352 e. The molecule has 0 spiro atoms. The highest BCUT2D eigenvalue weighted by Gasteiger charge is 2.20. The van der Waals surface area contributed by atoms with Gasteiger partial charge in [-0.15, -0.1) is 0 Å². The monoisotopic (exact) mass is 290 g/mol. The Labute approximate surface area is 124 Å². The van der Waals surface area contributed by atoms with Crippen LogP contribution in [0, 0.1) is 0 Å². The third-order valence-electron chi connectivity index (χ3n) is 3.70. The quantitative estimate of drug-likeness (QED) is 0.661. The maximum Gasteiger partial charge on any atom is 0.319 e. The Balaban J connectivity index is 1.78. The van der Waals surface area contributed by atoms with Gasteiger partial charge < -0.3 is 21.3 Å². The molecule has 1 saturated heterocycles. The van der Waals surface area contributed by atoms with E-state index in [9.17, 15) is 9.59 Å². The van der Waals surface area contributed by atoms with Gasteiger partial charge in [0.25, 0.3) is 0 Å². The highest BCUT2D eigenvalue weighted by atomic mass is 16.2. The molecule has 6 heteroatoms. The summed E-state index contributed by atoms with van der Waals surface area (Å²) >= 11 is 0. The van der Waals surface area contributed by atoms with E-state index in [0.717, 1.165) is 17.7 Å². The number of carbonyl (C=O) groups excluding carboxylic acids is 2. The van der Waals surface area contributed by atoms with Crippen molar-refractivity contribution < 1.29 is 9.59 Å². The van der Waals surface area contributed by atoms with E-state index in [1.54, 1.807) is 0 Å². The molecule has 1 heterocycles. The summed E-state index contributed by atoms with van der Waals surface area (Å²) < 4.78 is 0. The van der Waals surface area contributed by atoms with Crippen LogP contribution in [0.5, 0.6) is 0 Å². The second kappa shape index (κ2) is 7.08. The molecule has 1 aliphatic rings. The first kappa shape index (κ1) is 15.3. The second-order valence-corrected chi connectivity index (χ2v) is 5.27. The van der Waals surface area contributed by atoms with Gasteiger partial charge in [0.1, 0.15) is 0 Å². The summed E-state index contributed by atoms with van der Waals surface area (Å²) in [7, 11) is 1.91. The van der Waals surface area contributed by atoms with Crippen LogP contribution in [0.15, 0.2) is 24.3 Å². The van der Waals surface area contributed by atoms with E-state index in [2.05, 4.69) is 28.2 Å². The van der Waals surface area contributed by atoms with Crippen molar-refractivity contribution in [3.63, 3.8) is 0 Å². The molecule has 1 fully saturated rings. The number of hydrogen-bond acceptors (Lipinski definition) is 3. The van der Waals surface area contributed by atoms with Gasteiger partial charge in [-0.1, -0.05) is 12.1 Å². The summed E-state index contributed by atoms with van der Waals surface area (Å²) in [6.07, 6.45) is 1.31. The Morgan fingerprint density at radius 2 is 2.10 bits per heavy atom. The molecule has 0 radical (unpaired) electrons. The summed E-state index contributed by atoms with van der Waals surface area (Å²) in [5, 5.41) is 11.5. The molecule has 2 atom stereocenters. The molecule has 6 nitrogen and oxygen atoms in total. The Morgan fingerprint density at radius 3 is 2.67 bits per heavy atom. The highest BCUT2D eigenvalue weighted by molar-refractivity contribution is 5.89. The number of rotatable bonds is 5. The van der Waals surface area contributed by atoms with E-state index in [-0.39, 0.29) is 24.0 Å². The number of benzene rings is 1. The van der Waals surface area contributed by atoms with Crippen molar-refractivity contribution in [2.75, 3.05) is 18.9 Å². The average molecular weight is 290 g/mol. The summed E-state index contributed by atoms with van der Waals surface area (Å²) in [5.41, 5.74) is 1.91. The number of amides is 3. The molecule has 1 aromatic carbocycles. The van der Waals surface area contributed by atoms with Crippen LogP contribution < -0.4 is 21.3 Å². The lowest BCUT2D eigenvalue weighted by Gasteiger charge is -2.13. The van der Waals surface area contributed by atoms with Crippen LogP contribution in [0.4, 0.5) is 10.5 Å². The Hall–Kier alpha value is -2.08. The third kappa shape index (κ3) is 4.46. The fraction of sp³-hybridized carbons (Fsp3) is 0.467. The molecule has 0 aliphatic carbocycles. The van der Waals surface area contributed by atoms with E-state index in [1.165, 1.54) is 0 Å². The molecule has 1 aromatic rings. The van der Waals surface area contributed by atoms with Crippen LogP contribution in [0.3, 0.4) is 0 Å². The minimum absolute atomic E-state index is 0.0436. The standard InChI is InChI=1S/C15H22N4O2/c1-10(16-2)11-3-5-12(6-4-11)19-15(21)17-9-13-7-8-14(20)18-13/h3-6,10,13,16H,7-9H2,1-2H3,(H,18,20)(H2,17,19,21). The molecule has 0 aromatic heterocycles. The number of nitrogens with one attached hydrogen (secondary N) is 4. The van der Waals surface area contributed by atoms with Gasteiger partial charge in [0.15, 0.2) is 0 Å². The molecule has 21 heavy (non-hydrogen) atoms. The SMILES string of the molecule is CNC(C)c1ccc(NC(=O)NCC2CCC(=O)N2)cc1. The van der Waals surface area contributed by atoms with Gasteiger partial charge in [0, 0.05) is 30.7 Å².